The summed E-state index contributed by atoms with van der Waals surface area (Å²) in [6.45, 7) is 3.75. The number of thioether (sulfide) groups is 1. The Morgan fingerprint density at radius 3 is 2.77 bits per heavy atom. The van der Waals surface area contributed by atoms with Crippen LogP contribution in [0.3, 0.4) is 0 Å². The fraction of sp³-hybridized carbons (Fsp3) is 0.600. The van der Waals surface area contributed by atoms with Crippen LogP contribution in [0.2, 0.25) is 0 Å². The van der Waals surface area contributed by atoms with Crippen molar-refractivity contribution in [1.29, 1.82) is 0 Å². The standard InChI is InChI=1S/C20H25FN4O2S.2ClH/c21-14-1-2-16-18(9-14)27-23-19(16)13-3-5-24(6-4-13)15-10-17(22-11-15)20(26)25-7-8-28-12-25;;/h1-2,9,13,15,17,22H,3-8,10-12H2;2*1H/t15-,17-;;/m0../s1. The molecule has 30 heavy (non-hydrogen) atoms. The zero-order chi connectivity index (χ0) is 19.1. The zero-order valence-corrected chi connectivity index (χ0v) is 19.0. The van der Waals surface area contributed by atoms with Crippen LogP contribution in [-0.2, 0) is 4.79 Å². The normalized spacial score (nSPS) is 25.3. The second-order valence-corrected chi connectivity index (χ2v) is 9.08. The fourth-order valence-corrected chi connectivity index (χ4v) is 5.71. The molecule has 0 aliphatic carbocycles. The van der Waals surface area contributed by atoms with Crippen LogP contribution in [0.25, 0.3) is 11.0 Å². The number of nitrogens with zero attached hydrogens (tertiary/aromatic N) is 3. The van der Waals surface area contributed by atoms with Gasteiger partial charge in [-0.05, 0) is 44.5 Å². The number of piperidine rings is 1. The van der Waals surface area contributed by atoms with Crippen LogP contribution in [-0.4, -0.2) is 70.8 Å². The molecule has 2 aromatic rings. The monoisotopic (exact) mass is 476 g/mol. The van der Waals surface area contributed by atoms with Crippen LogP contribution < -0.4 is 5.32 Å². The van der Waals surface area contributed by atoms with Gasteiger partial charge in [-0.3, -0.25) is 9.69 Å². The molecule has 5 rings (SSSR count). The number of carbonyl (C=O) groups is 1. The Morgan fingerprint density at radius 2 is 2.03 bits per heavy atom. The summed E-state index contributed by atoms with van der Waals surface area (Å²) in [5.41, 5.74) is 1.48. The minimum absolute atomic E-state index is 0. The van der Waals surface area contributed by atoms with Gasteiger partial charge < -0.3 is 14.7 Å². The SMILES string of the molecule is Cl.Cl.O=C([C@@H]1C[C@H](N2CCC(c3noc4cc(F)ccc34)CC2)CN1)N1CCSC1. The van der Waals surface area contributed by atoms with Gasteiger partial charge in [0.15, 0.2) is 5.58 Å². The molecule has 0 saturated carbocycles. The molecule has 4 heterocycles. The average Bonchev–Trinajstić information content (AvgIpc) is 3.47. The Hall–Kier alpha value is -1.06. The van der Waals surface area contributed by atoms with E-state index < -0.39 is 0 Å². The van der Waals surface area contributed by atoms with E-state index in [0.717, 1.165) is 68.2 Å². The topological polar surface area (TPSA) is 61.6 Å². The van der Waals surface area contributed by atoms with Crippen molar-refractivity contribution in [2.24, 2.45) is 0 Å². The lowest BCUT2D eigenvalue weighted by Crippen LogP contribution is -2.42. The molecule has 3 saturated heterocycles. The molecule has 2 atom stereocenters. The molecule has 3 fully saturated rings. The first-order valence-electron chi connectivity index (χ1n) is 10.1. The van der Waals surface area contributed by atoms with Crippen LogP contribution in [0, 0.1) is 5.82 Å². The summed E-state index contributed by atoms with van der Waals surface area (Å²) >= 11 is 1.83. The molecule has 10 heteroatoms. The van der Waals surface area contributed by atoms with Gasteiger partial charge in [0, 0.05) is 42.3 Å². The van der Waals surface area contributed by atoms with Crippen LogP contribution in [0.4, 0.5) is 4.39 Å². The summed E-state index contributed by atoms with van der Waals surface area (Å²) in [7, 11) is 0. The fourth-order valence-electron chi connectivity index (χ4n) is 4.75. The summed E-state index contributed by atoms with van der Waals surface area (Å²) in [6, 6.07) is 5.04. The third-order valence-corrected chi connectivity index (χ3v) is 7.33. The number of amides is 1. The highest BCUT2D eigenvalue weighted by atomic mass is 35.5. The molecular formula is C20H27Cl2FN4O2S. The van der Waals surface area contributed by atoms with Gasteiger partial charge in [0.2, 0.25) is 5.91 Å². The third kappa shape index (κ3) is 4.58. The van der Waals surface area contributed by atoms with E-state index in [0.29, 0.717) is 17.5 Å². The molecule has 3 aliphatic rings. The molecule has 0 unspecified atom stereocenters. The van der Waals surface area contributed by atoms with Gasteiger partial charge >= 0.3 is 0 Å². The largest absolute Gasteiger partial charge is 0.356 e. The molecule has 166 valence electrons. The molecular weight excluding hydrogens is 450 g/mol. The lowest BCUT2D eigenvalue weighted by molar-refractivity contribution is -0.131. The summed E-state index contributed by atoms with van der Waals surface area (Å²) in [5.74, 6) is 2.21. The number of halogens is 3. The van der Waals surface area contributed by atoms with E-state index in [1.807, 2.05) is 16.7 Å². The van der Waals surface area contributed by atoms with E-state index >= 15 is 0 Å². The number of nitrogens with one attached hydrogen (secondary N) is 1. The predicted molar refractivity (Wildman–Crippen MR) is 121 cm³/mol. The number of aromatic nitrogens is 1. The minimum Gasteiger partial charge on any atom is -0.356 e. The van der Waals surface area contributed by atoms with Crippen molar-refractivity contribution in [2.75, 3.05) is 37.8 Å². The molecule has 1 aromatic carbocycles. The molecule has 0 spiro atoms. The van der Waals surface area contributed by atoms with Gasteiger partial charge in [0.1, 0.15) is 5.82 Å². The average molecular weight is 477 g/mol. The molecule has 6 nitrogen and oxygen atoms in total. The molecule has 1 aromatic heterocycles. The maximum absolute atomic E-state index is 13.4. The van der Waals surface area contributed by atoms with E-state index in [-0.39, 0.29) is 42.6 Å². The van der Waals surface area contributed by atoms with Crippen molar-refractivity contribution in [3.63, 3.8) is 0 Å². The highest BCUT2D eigenvalue weighted by Gasteiger charge is 2.37. The Labute approximate surface area is 192 Å². The highest BCUT2D eigenvalue weighted by molar-refractivity contribution is 7.99. The van der Waals surface area contributed by atoms with Crippen LogP contribution in [0.1, 0.15) is 30.9 Å². The second kappa shape index (κ2) is 10.0. The van der Waals surface area contributed by atoms with Crippen molar-refractivity contribution in [1.82, 2.24) is 20.3 Å². The summed E-state index contributed by atoms with van der Waals surface area (Å²) < 4.78 is 18.7. The number of likely N-dealkylation sites (tertiary alicyclic amines) is 1. The van der Waals surface area contributed by atoms with Gasteiger partial charge in [-0.2, -0.15) is 0 Å². The Kier molecular flexibility index (Phi) is 7.90. The summed E-state index contributed by atoms with van der Waals surface area (Å²) in [6.07, 6.45) is 2.92. The van der Waals surface area contributed by atoms with Gasteiger partial charge in [-0.25, -0.2) is 4.39 Å². The van der Waals surface area contributed by atoms with Crippen LogP contribution in [0.5, 0.6) is 0 Å². The predicted octanol–water partition coefficient (Wildman–Crippen LogP) is 3.25. The Morgan fingerprint density at radius 1 is 1.23 bits per heavy atom. The lowest BCUT2D eigenvalue weighted by atomic mass is 9.90. The number of fused-ring (bicyclic) bond motifs is 1. The molecule has 1 amide bonds. The number of carbonyl (C=O) groups excluding carboxylic acids is 1. The first-order chi connectivity index (χ1) is 13.7. The van der Waals surface area contributed by atoms with Crippen LogP contribution in [0.15, 0.2) is 22.7 Å². The number of benzene rings is 1. The van der Waals surface area contributed by atoms with Gasteiger partial charge in [0.05, 0.1) is 17.6 Å². The van der Waals surface area contributed by atoms with Crippen molar-refractivity contribution in [3.05, 3.63) is 29.7 Å². The quantitative estimate of drug-likeness (QED) is 0.733. The maximum atomic E-state index is 13.4. The van der Waals surface area contributed by atoms with E-state index in [1.165, 1.54) is 12.1 Å². The zero-order valence-electron chi connectivity index (χ0n) is 16.6. The van der Waals surface area contributed by atoms with E-state index in [4.69, 9.17) is 4.52 Å². The van der Waals surface area contributed by atoms with Crippen LogP contribution >= 0.6 is 36.6 Å². The van der Waals surface area contributed by atoms with Gasteiger partial charge in [-0.1, -0.05) is 5.16 Å². The smallest absolute Gasteiger partial charge is 0.240 e. The first-order valence-corrected chi connectivity index (χ1v) is 11.2. The van der Waals surface area contributed by atoms with Gasteiger partial charge in [0.25, 0.3) is 0 Å². The van der Waals surface area contributed by atoms with E-state index in [2.05, 4.69) is 15.4 Å². The molecule has 3 aliphatic heterocycles. The third-order valence-electron chi connectivity index (χ3n) is 6.36. The maximum Gasteiger partial charge on any atom is 0.240 e. The Balaban J connectivity index is 0.00000128. The van der Waals surface area contributed by atoms with Crippen molar-refractivity contribution < 1.29 is 13.7 Å². The summed E-state index contributed by atoms with van der Waals surface area (Å²) in [5, 5.41) is 8.61. The molecule has 0 radical (unpaired) electrons. The van der Waals surface area contributed by atoms with E-state index in [9.17, 15) is 9.18 Å². The molecule has 1 N–H and O–H groups in total. The van der Waals surface area contributed by atoms with Gasteiger partial charge in [-0.15, -0.1) is 36.6 Å². The minimum atomic E-state index is -0.296. The molecule has 0 bridgehead atoms. The first kappa shape index (κ1) is 23.6. The number of hydrogen-bond acceptors (Lipinski definition) is 6. The van der Waals surface area contributed by atoms with Crippen molar-refractivity contribution in [3.8, 4) is 0 Å². The second-order valence-electron chi connectivity index (χ2n) is 8.01. The van der Waals surface area contributed by atoms with Crippen molar-refractivity contribution in [2.45, 2.75) is 37.3 Å². The van der Waals surface area contributed by atoms with Crippen molar-refractivity contribution >= 4 is 53.5 Å². The summed E-state index contributed by atoms with van der Waals surface area (Å²) in [4.78, 5) is 17.1. The van der Waals surface area contributed by atoms with E-state index in [1.54, 1.807) is 6.07 Å². The number of rotatable bonds is 3. The highest BCUT2D eigenvalue weighted by Crippen LogP contribution is 2.34. The Bertz CT molecular complexity index is 872. The number of hydrogen-bond donors (Lipinski definition) is 1. The lowest BCUT2D eigenvalue weighted by Gasteiger charge is -2.35.